The van der Waals surface area contributed by atoms with Gasteiger partial charge in [0.05, 0.1) is 48.9 Å². The Bertz CT molecular complexity index is 2790. The second-order valence-corrected chi connectivity index (χ2v) is 18.9. The number of aliphatic hydroxyl groups excluding tert-OH is 2. The SMILES string of the molecule is Brc1ccc2c(c1)CN(c1ncc[nH]1)C2.CC1(C)OB(c2ccc(N3CC(CO)OC3=O)cc2F)OC1(C)C.O=C1O[C@@H](CO)CN1c1ccc(-c2ccc3c(c2)CN(c2ncc[nH]2)C3)c(F)c1. The molecule has 3 fully saturated rings. The zero-order valence-electron chi connectivity index (χ0n) is 37.8. The summed E-state index contributed by atoms with van der Waals surface area (Å²) >= 11 is 3.49. The van der Waals surface area contributed by atoms with E-state index in [9.17, 15) is 18.4 Å². The van der Waals surface area contributed by atoms with Gasteiger partial charge >= 0.3 is 19.3 Å². The van der Waals surface area contributed by atoms with E-state index in [1.807, 2.05) is 52.1 Å². The number of cyclic esters (lactones) is 2. The van der Waals surface area contributed by atoms with Crippen LogP contribution in [0, 0.1) is 11.6 Å². The van der Waals surface area contributed by atoms with Crippen LogP contribution in [0.25, 0.3) is 11.1 Å². The van der Waals surface area contributed by atoms with E-state index in [-0.39, 0.29) is 31.8 Å². The molecule has 7 heterocycles. The molecule has 0 aliphatic carbocycles. The predicted octanol–water partition coefficient (Wildman–Crippen LogP) is 7.19. The zero-order chi connectivity index (χ0) is 47.9. The number of ether oxygens (including phenoxy) is 2. The van der Waals surface area contributed by atoms with Gasteiger partial charge in [-0.15, -0.1) is 0 Å². The number of benzene rings is 4. The number of imidazole rings is 2. The van der Waals surface area contributed by atoms with Crippen molar-refractivity contribution in [3.05, 3.63) is 136 Å². The first-order chi connectivity index (χ1) is 32.6. The van der Waals surface area contributed by atoms with Crippen LogP contribution in [0.4, 0.5) is 41.6 Å². The van der Waals surface area contributed by atoms with Crippen LogP contribution < -0.4 is 25.1 Å². The van der Waals surface area contributed by atoms with Crippen LogP contribution in [0.3, 0.4) is 0 Å². The van der Waals surface area contributed by atoms with Gasteiger partial charge < -0.3 is 48.8 Å². The normalized spacial score (nSPS) is 19.9. The van der Waals surface area contributed by atoms with Gasteiger partial charge in [-0.3, -0.25) is 9.80 Å². The summed E-state index contributed by atoms with van der Waals surface area (Å²) in [6.07, 6.45) is 4.80. The van der Waals surface area contributed by atoms with Crippen molar-refractivity contribution in [2.24, 2.45) is 0 Å². The Kier molecular flexibility index (Phi) is 13.1. The monoisotopic (exact) mass is 994 g/mol. The highest BCUT2D eigenvalue weighted by atomic mass is 79.9. The molecule has 0 spiro atoms. The second kappa shape index (κ2) is 19.0. The van der Waals surface area contributed by atoms with Crippen LogP contribution in [0.1, 0.15) is 49.9 Å². The number of halogens is 3. The molecule has 6 aromatic rings. The summed E-state index contributed by atoms with van der Waals surface area (Å²) in [5, 5.41) is 18.2. The Morgan fingerprint density at radius 2 is 1.18 bits per heavy atom. The van der Waals surface area contributed by atoms with Crippen molar-refractivity contribution >= 4 is 64.0 Å². The average molecular weight is 996 g/mol. The van der Waals surface area contributed by atoms with Gasteiger partial charge in [0, 0.05) is 66.5 Å². The summed E-state index contributed by atoms with van der Waals surface area (Å²) in [6.45, 7) is 10.8. The number of aromatic amines is 2. The van der Waals surface area contributed by atoms with E-state index in [1.54, 1.807) is 42.9 Å². The largest absolute Gasteiger partial charge is 0.497 e. The van der Waals surface area contributed by atoms with Crippen LogP contribution >= 0.6 is 15.9 Å². The number of H-pyrrole nitrogens is 2. The number of amides is 2. The molecule has 20 heteroatoms. The Hall–Kier alpha value is -6.32. The molecule has 4 N–H and O–H groups in total. The van der Waals surface area contributed by atoms with Crippen molar-refractivity contribution in [2.45, 2.75) is 77.3 Å². The minimum Gasteiger partial charge on any atom is -0.441 e. The van der Waals surface area contributed by atoms with E-state index in [2.05, 4.69) is 63.9 Å². The standard InChI is InChI=1S/C21H19FN4O3.C16H21BFNO5.C11H10BrN3/c22-19-8-16(26-11-17(12-27)29-21(26)28)3-4-18(19)13-1-2-14-9-25(10-15(14)7-13)20-23-5-6-24-20;1-15(2)16(3,4)24-17(23-15)12-6-5-10(7-13(12)18)19-8-11(9-20)22-14(19)21;12-10-2-1-8-6-15(7-9(8)5-10)11-13-3-4-14-11/h1-8,17,27H,9-12H2,(H,23,24);5-7,11,20H,8-9H2,1-4H3;1-5H,6-7H2,(H,13,14)/t17-;;/m1../s1. The highest BCUT2D eigenvalue weighted by Crippen LogP contribution is 2.38. The maximum Gasteiger partial charge on any atom is 0.497 e. The van der Waals surface area contributed by atoms with E-state index in [1.165, 1.54) is 38.6 Å². The Labute approximate surface area is 400 Å². The lowest BCUT2D eigenvalue weighted by molar-refractivity contribution is 0.00578. The number of hydrogen-bond acceptors (Lipinski definition) is 12. The van der Waals surface area contributed by atoms with Crippen molar-refractivity contribution in [2.75, 3.05) is 45.9 Å². The molecule has 1 unspecified atom stereocenters. The fraction of sp³-hybridized carbons (Fsp3) is 0.333. The highest BCUT2D eigenvalue weighted by molar-refractivity contribution is 9.10. The van der Waals surface area contributed by atoms with E-state index in [4.69, 9.17) is 29.0 Å². The summed E-state index contributed by atoms with van der Waals surface area (Å²) in [6, 6.07) is 21.5. The number of carbonyl (C=O) groups excluding carboxylic acids is 2. The molecular weight excluding hydrogens is 945 g/mol. The number of fused-ring (bicyclic) bond motifs is 2. The number of rotatable bonds is 8. The van der Waals surface area contributed by atoms with Gasteiger partial charge in [-0.25, -0.2) is 28.3 Å². The van der Waals surface area contributed by atoms with Gasteiger partial charge in [-0.2, -0.15) is 0 Å². The van der Waals surface area contributed by atoms with Gasteiger partial charge in [0.1, 0.15) is 23.8 Å². The molecule has 2 amide bonds. The van der Waals surface area contributed by atoms with Crippen molar-refractivity contribution < 1.29 is 47.4 Å². The van der Waals surface area contributed by atoms with Crippen LogP contribution in [0.15, 0.2) is 102 Å². The number of carbonyl (C=O) groups is 2. The van der Waals surface area contributed by atoms with Gasteiger partial charge in [-0.1, -0.05) is 40.2 Å². The predicted molar refractivity (Wildman–Crippen MR) is 254 cm³/mol. The lowest BCUT2D eigenvalue weighted by Crippen LogP contribution is -2.41. The molecule has 4 aromatic carbocycles. The number of hydrogen-bond donors (Lipinski definition) is 4. The fourth-order valence-electron chi connectivity index (χ4n) is 8.49. The van der Waals surface area contributed by atoms with Crippen molar-refractivity contribution in [1.82, 2.24) is 19.9 Å². The number of nitrogens with one attached hydrogen (secondary N) is 2. The molecule has 16 nitrogen and oxygen atoms in total. The highest BCUT2D eigenvalue weighted by Gasteiger charge is 2.52. The number of aromatic nitrogens is 4. The van der Waals surface area contributed by atoms with Crippen LogP contribution in [0.2, 0.25) is 0 Å². The third-order valence-electron chi connectivity index (χ3n) is 12.9. The van der Waals surface area contributed by atoms with Crippen LogP contribution in [-0.4, -0.2) is 99.2 Å². The van der Waals surface area contributed by atoms with Gasteiger partial charge in [0.15, 0.2) is 0 Å². The molecule has 3 saturated heterocycles. The molecule has 0 saturated carbocycles. The first-order valence-corrected chi connectivity index (χ1v) is 22.9. The molecule has 5 aliphatic rings. The third kappa shape index (κ3) is 9.55. The van der Waals surface area contributed by atoms with E-state index in [0.717, 1.165) is 47.1 Å². The molecule has 0 bridgehead atoms. The van der Waals surface area contributed by atoms with Gasteiger partial charge in [-0.05, 0) is 104 Å². The first kappa shape index (κ1) is 46.8. The summed E-state index contributed by atoms with van der Waals surface area (Å²) < 4.78 is 52.3. The average Bonchev–Trinajstić information content (AvgIpc) is 4.18. The minimum atomic E-state index is -0.806. The molecule has 68 heavy (non-hydrogen) atoms. The second-order valence-electron chi connectivity index (χ2n) is 18.0. The Balaban J connectivity index is 0.000000134. The lowest BCUT2D eigenvalue weighted by atomic mass is 9.78. The molecule has 5 aliphatic heterocycles. The fourth-order valence-corrected chi connectivity index (χ4v) is 8.90. The lowest BCUT2D eigenvalue weighted by Gasteiger charge is -2.32. The van der Waals surface area contributed by atoms with Crippen molar-refractivity contribution in [3.8, 4) is 11.1 Å². The van der Waals surface area contributed by atoms with Crippen LogP contribution in [0.5, 0.6) is 0 Å². The van der Waals surface area contributed by atoms with E-state index < -0.39 is 54.3 Å². The quantitative estimate of drug-likeness (QED) is 0.113. The van der Waals surface area contributed by atoms with E-state index >= 15 is 0 Å². The Morgan fingerprint density at radius 3 is 1.66 bits per heavy atom. The number of anilines is 4. The summed E-state index contributed by atoms with van der Waals surface area (Å²) in [5.74, 6) is 0.828. The third-order valence-corrected chi connectivity index (χ3v) is 13.4. The summed E-state index contributed by atoms with van der Waals surface area (Å²) in [4.78, 5) is 45.5. The van der Waals surface area contributed by atoms with Crippen molar-refractivity contribution in [3.63, 3.8) is 0 Å². The summed E-state index contributed by atoms with van der Waals surface area (Å²) in [5.41, 5.74) is 6.29. The maximum atomic E-state index is 14.9. The molecule has 2 aromatic heterocycles. The first-order valence-electron chi connectivity index (χ1n) is 22.1. The number of aliphatic hydroxyl groups is 2. The number of nitrogens with zero attached hydrogens (tertiary/aromatic N) is 6. The summed E-state index contributed by atoms with van der Waals surface area (Å²) in [7, 11) is -0.806. The molecular formula is C48H50BBrF2N8O8. The molecule has 0 radical (unpaired) electrons. The molecule has 354 valence electrons. The van der Waals surface area contributed by atoms with Gasteiger partial charge in [0.25, 0.3) is 0 Å². The van der Waals surface area contributed by atoms with E-state index in [0.29, 0.717) is 23.5 Å². The Morgan fingerprint density at radius 1 is 0.676 bits per heavy atom. The minimum absolute atomic E-state index is 0.185. The molecule has 11 rings (SSSR count). The molecule has 2 atom stereocenters. The maximum absolute atomic E-state index is 14.9. The van der Waals surface area contributed by atoms with Crippen molar-refractivity contribution in [1.29, 1.82) is 0 Å². The zero-order valence-corrected chi connectivity index (χ0v) is 39.4. The van der Waals surface area contributed by atoms with Gasteiger partial charge in [0.2, 0.25) is 11.9 Å². The topological polar surface area (TPSA) is 182 Å². The smallest absolute Gasteiger partial charge is 0.441 e. The van der Waals surface area contributed by atoms with Crippen LogP contribution in [-0.2, 0) is 45.0 Å².